The number of nitrogens with zero attached hydrogens (tertiary/aromatic N) is 1. The van der Waals surface area contributed by atoms with Crippen LogP contribution in [0.3, 0.4) is 0 Å². The van der Waals surface area contributed by atoms with Crippen LogP contribution in [0.25, 0.3) is 0 Å². The normalized spacial score (nSPS) is 11.3. The minimum absolute atomic E-state index is 0.00899. The molecule has 1 N–H and O–H groups in total. The molecule has 7 heteroatoms. The highest BCUT2D eigenvalue weighted by molar-refractivity contribution is 6.30. The molecule has 0 unspecified atom stereocenters. The van der Waals surface area contributed by atoms with Crippen molar-refractivity contribution < 1.29 is 18.7 Å². The van der Waals surface area contributed by atoms with E-state index in [1.54, 1.807) is 19.1 Å². The van der Waals surface area contributed by atoms with E-state index in [1.807, 2.05) is 6.07 Å². The van der Waals surface area contributed by atoms with Crippen LogP contribution in [0.5, 0.6) is 11.5 Å². The number of halogens is 2. The highest BCUT2D eigenvalue weighted by Crippen LogP contribution is 2.29. The third kappa shape index (κ3) is 4.85. The van der Waals surface area contributed by atoms with E-state index >= 15 is 0 Å². The molecule has 0 bridgehead atoms. The Morgan fingerprint density at radius 3 is 2.72 bits per heavy atom. The fraction of sp³-hybridized carbons (Fsp3) is 0.222. The second kappa shape index (κ2) is 8.36. The number of anilines is 1. The van der Waals surface area contributed by atoms with Gasteiger partial charge in [-0.3, -0.25) is 4.79 Å². The Balaban J connectivity index is 2.12. The Kier molecular flexibility index (Phi) is 6.20. The molecule has 0 fully saturated rings. The molecule has 5 nitrogen and oxygen atoms in total. The first-order valence-electron chi connectivity index (χ1n) is 7.54. The fourth-order valence-electron chi connectivity index (χ4n) is 2.01. The van der Waals surface area contributed by atoms with Gasteiger partial charge in [0.05, 0.1) is 23.9 Å². The predicted molar refractivity (Wildman–Crippen MR) is 92.5 cm³/mol. The molecule has 25 heavy (non-hydrogen) atoms. The topological polar surface area (TPSA) is 71.3 Å². The van der Waals surface area contributed by atoms with Crippen LogP contribution >= 0.6 is 11.6 Å². The third-order valence-electron chi connectivity index (χ3n) is 3.23. The molecule has 0 aliphatic heterocycles. The van der Waals surface area contributed by atoms with Crippen molar-refractivity contribution in [2.75, 3.05) is 11.9 Å². The van der Waals surface area contributed by atoms with Crippen molar-refractivity contribution in [3.63, 3.8) is 0 Å². The van der Waals surface area contributed by atoms with Gasteiger partial charge >= 0.3 is 0 Å². The molecule has 0 aromatic heterocycles. The van der Waals surface area contributed by atoms with Crippen LogP contribution in [-0.2, 0) is 4.79 Å². The summed E-state index contributed by atoms with van der Waals surface area (Å²) >= 11 is 5.68. The molecule has 1 amide bonds. The van der Waals surface area contributed by atoms with E-state index in [9.17, 15) is 9.18 Å². The summed E-state index contributed by atoms with van der Waals surface area (Å²) in [7, 11) is 0. The fourth-order valence-corrected chi connectivity index (χ4v) is 2.17. The number of rotatable bonds is 6. The molecule has 130 valence electrons. The van der Waals surface area contributed by atoms with Crippen molar-refractivity contribution in [1.82, 2.24) is 0 Å². The molecule has 2 rings (SSSR count). The summed E-state index contributed by atoms with van der Waals surface area (Å²) in [6, 6.07) is 10.6. The Hall–Kier alpha value is -2.78. The maximum absolute atomic E-state index is 13.8. The van der Waals surface area contributed by atoms with Crippen molar-refractivity contribution in [2.45, 2.75) is 20.0 Å². The Morgan fingerprint density at radius 1 is 1.32 bits per heavy atom. The van der Waals surface area contributed by atoms with Crippen LogP contribution in [0, 0.1) is 17.1 Å². The quantitative estimate of drug-likeness (QED) is 0.837. The van der Waals surface area contributed by atoms with Gasteiger partial charge in [-0.15, -0.1) is 0 Å². The lowest BCUT2D eigenvalue weighted by Gasteiger charge is -2.17. The first-order chi connectivity index (χ1) is 11.9. The zero-order valence-electron chi connectivity index (χ0n) is 13.7. The Morgan fingerprint density at radius 2 is 2.08 bits per heavy atom. The lowest BCUT2D eigenvalue weighted by Crippen LogP contribution is -2.30. The lowest BCUT2D eigenvalue weighted by atomic mass is 10.2. The summed E-state index contributed by atoms with van der Waals surface area (Å²) in [6.07, 6.45) is -0.915. The summed E-state index contributed by atoms with van der Waals surface area (Å²) in [6.45, 7) is 3.70. The minimum atomic E-state index is -0.915. The maximum Gasteiger partial charge on any atom is 0.265 e. The van der Waals surface area contributed by atoms with Crippen LogP contribution in [0.15, 0.2) is 36.4 Å². The van der Waals surface area contributed by atoms with Gasteiger partial charge in [0.2, 0.25) is 0 Å². The van der Waals surface area contributed by atoms with Crippen LogP contribution in [-0.4, -0.2) is 18.6 Å². The smallest absolute Gasteiger partial charge is 0.265 e. The van der Waals surface area contributed by atoms with Gasteiger partial charge in [-0.05, 0) is 44.2 Å². The van der Waals surface area contributed by atoms with Crippen molar-refractivity contribution >= 4 is 23.2 Å². The van der Waals surface area contributed by atoms with E-state index in [2.05, 4.69) is 5.32 Å². The molecule has 0 spiro atoms. The van der Waals surface area contributed by atoms with Gasteiger partial charge in [0.25, 0.3) is 5.91 Å². The molecule has 2 aromatic rings. The van der Waals surface area contributed by atoms with Crippen molar-refractivity contribution in [1.29, 1.82) is 5.26 Å². The molecular weight excluding hydrogens is 347 g/mol. The van der Waals surface area contributed by atoms with Gasteiger partial charge in [0.15, 0.2) is 17.6 Å². The zero-order valence-corrected chi connectivity index (χ0v) is 14.4. The molecule has 0 heterocycles. The SMILES string of the molecule is CCOc1cc(C#N)ccc1O[C@H](C)C(=O)Nc1ccc(Cl)cc1F. The predicted octanol–water partition coefficient (Wildman–Crippen LogP) is 4.16. The van der Waals surface area contributed by atoms with Crippen LogP contribution in [0.2, 0.25) is 5.02 Å². The van der Waals surface area contributed by atoms with E-state index in [0.717, 1.165) is 6.07 Å². The van der Waals surface area contributed by atoms with Gasteiger partial charge in [-0.1, -0.05) is 11.6 Å². The second-order valence-electron chi connectivity index (χ2n) is 5.08. The van der Waals surface area contributed by atoms with Gasteiger partial charge in [0.1, 0.15) is 5.82 Å². The van der Waals surface area contributed by atoms with Crippen molar-refractivity contribution in [2.24, 2.45) is 0 Å². The summed E-state index contributed by atoms with van der Waals surface area (Å²) in [5.41, 5.74) is 0.422. The van der Waals surface area contributed by atoms with Crippen LogP contribution in [0.1, 0.15) is 19.4 Å². The molecule has 0 saturated carbocycles. The molecule has 0 aliphatic rings. The highest BCUT2D eigenvalue weighted by Gasteiger charge is 2.19. The number of carbonyl (C=O) groups is 1. The number of ether oxygens (including phenoxy) is 2. The summed E-state index contributed by atoms with van der Waals surface area (Å²) in [5, 5.41) is 11.6. The Bertz CT molecular complexity index is 820. The van der Waals surface area contributed by atoms with Crippen LogP contribution in [0.4, 0.5) is 10.1 Å². The molecule has 2 aromatic carbocycles. The summed E-state index contributed by atoms with van der Waals surface area (Å²) in [4.78, 5) is 12.2. The average molecular weight is 363 g/mol. The van der Waals surface area contributed by atoms with Gasteiger partial charge in [-0.25, -0.2) is 4.39 Å². The van der Waals surface area contributed by atoms with E-state index in [1.165, 1.54) is 25.1 Å². The van der Waals surface area contributed by atoms with Crippen LogP contribution < -0.4 is 14.8 Å². The third-order valence-corrected chi connectivity index (χ3v) is 3.47. The number of hydrogen-bond acceptors (Lipinski definition) is 4. The van der Waals surface area contributed by atoms with Gasteiger partial charge in [0, 0.05) is 11.1 Å². The molecule has 1 atom stereocenters. The number of nitrogens with one attached hydrogen (secondary N) is 1. The zero-order chi connectivity index (χ0) is 18.4. The number of benzene rings is 2. The summed E-state index contributed by atoms with van der Waals surface area (Å²) < 4.78 is 24.8. The lowest BCUT2D eigenvalue weighted by molar-refractivity contribution is -0.122. The van der Waals surface area contributed by atoms with E-state index < -0.39 is 17.8 Å². The number of nitriles is 1. The first-order valence-corrected chi connectivity index (χ1v) is 7.92. The molecule has 0 saturated heterocycles. The first kappa shape index (κ1) is 18.6. The monoisotopic (exact) mass is 362 g/mol. The highest BCUT2D eigenvalue weighted by atomic mass is 35.5. The second-order valence-corrected chi connectivity index (χ2v) is 5.52. The van der Waals surface area contributed by atoms with Gasteiger partial charge < -0.3 is 14.8 Å². The Labute approximate surface area is 149 Å². The molecular formula is C18H16ClFN2O3. The van der Waals surface area contributed by atoms with Gasteiger partial charge in [-0.2, -0.15) is 5.26 Å². The average Bonchev–Trinajstić information content (AvgIpc) is 2.59. The number of hydrogen-bond donors (Lipinski definition) is 1. The summed E-state index contributed by atoms with van der Waals surface area (Å²) in [5.74, 6) is -0.492. The van der Waals surface area contributed by atoms with E-state index in [4.69, 9.17) is 26.3 Å². The largest absolute Gasteiger partial charge is 0.490 e. The maximum atomic E-state index is 13.8. The number of amides is 1. The van der Waals surface area contributed by atoms with E-state index in [0.29, 0.717) is 23.7 Å². The van der Waals surface area contributed by atoms with Crippen molar-refractivity contribution in [3.8, 4) is 17.6 Å². The molecule has 0 radical (unpaired) electrons. The van der Waals surface area contributed by atoms with E-state index in [-0.39, 0.29) is 10.7 Å². The number of carbonyl (C=O) groups excluding carboxylic acids is 1. The minimum Gasteiger partial charge on any atom is -0.490 e. The van der Waals surface area contributed by atoms with Crippen molar-refractivity contribution in [3.05, 3.63) is 52.8 Å². The molecule has 0 aliphatic carbocycles. The standard InChI is InChI=1S/C18H16ClFN2O3/c1-3-24-17-8-12(10-21)4-7-16(17)25-11(2)18(23)22-15-6-5-13(19)9-14(15)20/h4-9,11H,3H2,1-2H3,(H,22,23)/t11-/m1/s1.